The topological polar surface area (TPSA) is 81.4 Å². The van der Waals surface area contributed by atoms with E-state index in [1.807, 2.05) is 0 Å². The Morgan fingerprint density at radius 2 is 2.31 bits per heavy atom. The molecule has 1 aliphatic heterocycles. The Morgan fingerprint density at radius 1 is 1.62 bits per heavy atom. The highest BCUT2D eigenvalue weighted by Gasteiger charge is 2.27. The molecule has 1 unspecified atom stereocenters. The maximum atomic E-state index is 11.3. The van der Waals surface area contributed by atoms with Crippen molar-refractivity contribution in [2.24, 2.45) is 0 Å². The van der Waals surface area contributed by atoms with Crippen LogP contribution in [0.1, 0.15) is 12.8 Å². The first kappa shape index (κ1) is 10.4. The van der Waals surface area contributed by atoms with Gasteiger partial charge in [0, 0.05) is 13.1 Å². The van der Waals surface area contributed by atoms with E-state index >= 15 is 0 Å². The number of nitrogens with zero attached hydrogens (tertiary/aromatic N) is 2. The second-order valence-electron chi connectivity index (χ2n) is 3.07. The predicted octanol–water partition coefficient (Wildman–Crippen LogP) is -0.704. The highest BCUT2D eigenvalue weighted by molar-refractivity contribution is 7.89. The Hall–Kier alpha value is -0.640. The third kappa shape index (κ3) is 2.66. The molecule has 1 atom stereocenters. The minimum atomic E-state index is -3.45. The quantitative estimate of drug-likeness (QED) is 0.644. The average molecular weight is 204 g/mol. The lowest BCUT2D eigenvalue weighted by molar-refractivity contribution is 0.108. The molecule has 1 aliphatic rings. The summed E-state index contributed by atoms with van der Waals surface area (Å²) in [5.41, 5.74) is 0. The molecule has 13 heavy (non-hydrogen) atoms. The highest BCUT2D eigenvalue weighted by atomic mass is 32.2. The largest absolute Gasteiger partial charge is 0.392 e. The van der Waals surface area contributed by atoms with Crippen molar-refractivity contribution in [3.63, 3.8) is 0 Å². The molecule has 5 nitrogen and oxygen atoms in total. The van der Waals surface area contributed by atoms with Gasteiger partial charge in [0.25, 0.3) is 0 Å². The lowest BCUT2D eigenvalue weighted by atomic mass is 10.1. The summed E-state index contributed by atoms with van der Waals surface area (Å²) in [7, 11) is -3.45. The molecule has 1 fully saturated rings. The van der Waals surface area contributed by atoms with Gasteiger partial charge in [0.05, 0.1) is 12.2 Å². The van der Waals surface area contributed by atoms with Gasteiger partial charge < -0.3 is 5.11 Å². The van der Waals surface area contributed by atoms with E-state index in [1.54, 1.807) is 6.07 Å². The first-order valence-corrected chi connectivity index (χ1v) is 5.70. The van der Waals surface area contributed by atoms with E-state index in [9.17, 15) is 13.5 Å². The molecule has 0 radical (unpaired) electrons. The Kier molecular flexibility index (Phi) is 3.25. The van der Waals surface area contributed by atoms with E-state index < -0.39 is 21.9 Å². The molecule has 74 valence electrons. The molecule has 0 aromatic rings. The molecule has 0 aromatic heterocycles. The van der Waals surface area contributed by atoms with Gasteiger partial charge in [-0.25, -0.2) is 8.42 Å². The van der Waals surface area contributed by atoms with Crippen molar-refractivity contribution in [3.8, 4) is 6.07 Å². The van der Waals surface area contributed by atoms with Crippen molar-refractivity contribution in [3.05, 3.63) is 0 Å². The van der Waals surface area contributed by atoms with Gasteiger partial charge >= 0.3 is 0 Å². The van der Waals surface area contributed by atoms with Crippen molar-refractivity contribution in [1.29, 1.82) is 5.26 Å². The molecular formula is C7H12N2O3S. The second kappa shape index (κ2) is 4.05. The fraction of sp³-hybridized carbons (Fsp3) is 0.857. The van der Waals surface area contributed by atoms with Gasteiger partial charge in [-0.15, -0.1) is 0 Å². The van der Waals surface area contributed by atoms with Crippen LogP contribution in [0.15, 0.2) is 0 Å². The van der Waals surface area contributed by atoms with Gasteiger partial charge in [0.2, 0.25) is 10.0 Å². The van der Waals surface area contributed by atoms with E-state index in [2.05, 4.69) is 0 Å². The van der Waals surface area contributed by atoms with Gasteiger partial charge in [-0.1, -0.05) is 0 Å². The Balaban J connectivity index is 2.66. The second-order valence-corrected chi connectivity index (χ2v) is 5.04. The fourth-order valence-electron chi connectivity index (χ4n) is 1.35. The summed E-state index contributed by atoms with van der Waals surface area (Å²) >= 11 is 0. The minimum absolute atomic E-state index is 0.129. The summed E-state index contributed by atoms with van der Waals surface area (Å²) in [6, 6.07) is 1.61. The van der Waals surface area contributed by atoms with Crippen LogP contribution in [-0.4, -0.2) is 42.8 Å². The first-order valence-electron chi connectivity index (χ1n) is 4.09. The smallest absolute Gasteiger partial charge is 0.227 e. The van der Waals surface area contributed by atoms with Crippen molar-refractivity contribution in [1.82, 2.24) is 4.31 Å². The molecule has 1 N–H and O–H groups in total. The van der Waals surface area contributed by atoms with Crippen LogP contribution < -0.4 is 0 Å². The number of aliphatic hydroxyl groups is 1. The SMILES string of the molecule is N#CCS(=O)(=O)N1CCCC(O)C1. The Bertz CT molecular complexity index is 306. The van der Waals surface area contributed by atoms with Crippen LogP contribution in [0.25, 0.3) is 0 Å². The Labute approximate surface area is 77.6 Å². The van der Waals surface area contributed by atoms with Crippen molar-refractivity contribution in [2.45, 2.75) is 18.9 Å². The van der Waals surface area contributed by atoms with Crippen LogP contribution >= 0.6 is 0 Å². The van der Waals surface area contributed by atoms with Crippen molar-refractivity contribution < 1.29 is 13.5 Å². The number of piperidine rings is 1. The van der Waals surface area contributed by atoms with Crippen LogP contribution in [0.2, 0.25) is 0 Å². The van der Waals surface area contributed by atoms with E-state index in [0.29, 0.717) is 19.4 Å². The lowest BCUT2D eigenvalue weighted by Crippen LogP contribution is -2.42. The molecule has 0 aliphatic carbocycles. The van der Waals surface area contributed by atoms with Gasteiger partial charge in [-0.3, -0.25) is 0 Å². The van der Waals surface area contributed by atoms with Crippen molar-refractivity contribution in [2.75, 3.05) is 18.8 Å². The zero-order chi connectivity index (χ0) is 9.90. The standard InChI is InChI=1S/C7H12N2O3S/c8-3-5-13(11,12)9-4-1-2-7(10)6-9/h7,10H,1-2,4-6H2. The van der Waals surface area contributed by atoms with Gasteiger partial charge in [-0.05, 0) is 12.8 Å². The monoisotopic (exact) mass is 204 g/mol. The summed E-state index contributed by atoms with van der Waals surface area (Å²) in [4.78, 5) is 0. The van der Waals surface area contributed by atoms with E-state index in [0.717, 1.165) is 0 Å². The van der Waals surface area contributed by atoms with Crippen LogP contribution in [-0.2, 0) is 10.0 Å². The summed E-state index contributed by atoms with van der Waals surface area (Å²) < 4.78 is 23.8. The normalized spacial score (nSPS) is 25.4. The summed E-state index contributed by atoms with van der Waals surface area (Å²) in [5.74, 6) is -0.500. The van der Waals surface area contributed by atoms with E-state index in [1.165, 1.54) is 4.31 Å². The maximum Gasteiger partial charge on any atom is 0.227 e. The van der Waals surface area contributed by atoms with E-state index in [4.69, 9.17) is 5.26 Å². The molecule has 0 spiro atoms. The minimum Gasteiger partial charge on any atom is -0.392 e. The number of hydrogen-bond acceptors (Lipinski definition) is 4. The number of β-amino-alcohol motifs (C(OH)–C–C–N with tert-alkyl or cyclic N) is 1. The third-order valence-corrected chi connectivity index (χ3v) is 3.61. The zero-order valence-electron chi connectivity index (χ0n) is 7.18. The van der Waals surface area contributed by atoms with Crippen molar-refractivity contribution >= 4 is 10.0 Å². The molecule has 1 rings (SSSR count). The first-order chi connectivity index (χ1) is 6.06. The molecule has 0 amide bonds. The number of nitriles is 1. The predicted molar refractivity (Wildman–Crippen MR) is 46.2 cm³/mol. The van der Waals surface area contributed by atoms with E-state index in [-0.39, 0.29) is 6.54 Å². The highest BCUT2D eigenvalue weighted by Crippen LogP contribution is 2.13. The fourth-order valence-corrected chi connectivity index (χ4v) is 2.50. The van der Waals surface area contributed by atoms with Gasteiger partial charge in [0.15, 0.2) is 5.75 Å². The van der Waals surface area contributed by atoms with Gasteiger partial charge in [-0.2, -0.15) is 9.57 Å². The van der Waals surface area contributed by atoms with Gasteiger partial charge in [0.1, 0.15) is 0 Å². The molecule has 0 aromatic carbocycles. The molecular weight excluding hydrogens is 192 g/mol. The summed E-state index contributed by atoms with van der Waals surface area (Å²) in [6.45, 7) is 0.547. The number of sulfonamides is 1. The Morgan fingerprint density at radius 3 is 2.85 bits per heavy atom. The number of rotatable bonds is 2. The summed E-state index contributed by atoms with van der Waals surface area (Å²) in [5, 5.41) is 17.5. The third-order valence-electron chi connectivity index (χ3n) is 2.00. The maximum absolute atomic E-state index is 11.3. The molecule has 0 saturated carbocycles. The molecule has 1 saturated heterocycles. The lowest BCUT2D eigenvalue weighted by Gasteiger charge is -2.28. The number of hydrogen-bond donors (Lipinski definition) is 1. The number of aliphatic hydroxyl groups excluding tert-OH is 1. The zero-order valence-corrected chi connectivity index (χ0v) is 8.00. The van der Waals surface area contributed by atoms with Crippen LogP contribution in [0, 0.1) is 11.3 Å². The molecule has 1 heterocycles. The van der Waals surface area contributed by atoms with Crippen LogP contribution in [0.3, 0.4) is 0 Å². The molecule has 0 bridgehead atoms. The summed E-state index contributed by atoms with van der Waals surface area (Å²) in [6.07, 6.45) is 0.715. The average Bonchev–Trinajstić information content (AvgIpc) is 2.04. The van der Waals surface area contributed by atoms with Crippen LogP contribution in [0.4, 0.5) is 0 Å². The molecule has 6 heteroatoms. The van der Waals surface area contributed by atoms with Crippen LogP contribution in [0.5, 0.6) is 0 Å².